The standard InChI is InChI=1S/C16H26N4O/c1-2-18-12-13(17)11-15(18)16(21)20-9-5-14(6-10-20)19-7-3-4-8-19/h11-12,14H,2-10,17H2,1H3. The Balaban J connectivity index is 1.62. The molecular formula is C16H26N4O. The molecule has 5 heteroatoms. The molecule has 0 aliphatic carbocycles. The van der Waals surface area contributed by atoms with Crippen LogP contribution < -0.4 is 5.73 Å². The molecule has 2 aliphatic heterocycles. The van der Waals surface area contributed by atoms with Crippen molar-refractivity contribution < 1.29 is 4.79 Å². The van der Waals surface area contributed by atoms with Crippen LogP contribution in [-0.2, 0) is 6.54 Å². The van der Waals surface area contributed by atoms with Crippen LogP contribution in [0.3, 0.4) is 0 Å². The van der Waals surface area contributed by atoms with E-state index in [1.807, 2.05) is 22.6 Å². The maximum atomic E-state index is 12.7. The molecule has 21 heavy (non-hydrogen) atoms. The van der Waals surface area contributed by atoms with Gasteiger partial charge in [-0.05, 0) is 51.8 Å². The topological polar surface area (TPSA) is 54.5 Å². The first-order valence-corrected chi connectivity index (χ1v) is 8.18. The van der Waals surface area contributed by atoms with Crippen LogP contribution in [-0.4, -0.2) is 52.5 Å². The summed E-state index contributed by atoms with van der Waals surface area (Å²) >= 11 is 0. The number of nitrogen functional groups attached to an aromatic ring is 1. The Kier molecular flexibility index (Phi) is 4.19. The molecule has 2 N–H and O–H groups in total. The number of carbonyl (C=O) groups is 1. The SMILES string of the molecule is CCn1cc(N)cc1C(=O)N1CCC(N2CCCC2)CC1. The van der Waals surface area contributed by atoms with Crippen LogP contribution in [0, 0.1) is 0 Å². The molecule has 0 unspecified atom stereocenters. The first-order chi connectivity index (χ1) is 10.2. The fourth-order valence-electron chi connectivity index (χ4n) is 3.68. The Labute approximate surface area is 126 Å². The number of aromatic nitrogens is 1. The average molecular weight is 290 g/mol. The van der Waals surface area contributed by atoms with Crippen LogP contribution in [0.1, 0.15) is 43.1 Å². The first-order valence-electron chi connectivity index (χ1n) is 8.18. The van der Waals surface area contributed by atoms with Crippen LogP contribution in [0.4, 0.5) is 5.69 Å². The molecule has 0 saturated carbocycles. The summed E-state index contributed by atoms with van der Waals surface area (Å²) in [5, 5.41) is 0. The average Bonchev–Trinajstić information content (AvgIpc) is 3.16. The van der Waals surface area contributed by atoms with E-state index in [1.54, 1.807) is 6.07 Å². The Morgan fingerprint density at radius 2 is 1.90 bits per heavy atom. The monoisotopic (exact) mass is 290 g/mol. The highest BCUT2D eigenvalue weighted by Gasteiger charge is 2.29. The quantitative estimate of drug-likeness (QED) is 0.923. The van der Waals surface area contributed by atoms with Gasteiger partial charge < -0.3 is 20.1 Å². The third-order valence-corrected chi connectivity index (χ3v) is 4.89. The molecule has 2 saturated heterocycles. The predicted molar refractivity (Wildman–Crippen MR) is 84.3 cm³/mol. The van der Waals surface area contributed by atoms with Crippen molar-refractivity contribution in [2.75, 3.05) is 31.9 Å². The highest BCUT2D eigenvalue weighted by Crippen LogP contribution is 2.22. The number of hydrogen-bond acceptors (Lipinski definition) is 3. The van der Waals surface area contributed by atoms with Gasteiger partial charge >= 0.3 is 0 Å². The molecule has 0 spiro atoms. The number of rotatable bonds is 3. The molecule has 0 atom stereocenters. The molecule has 0 aromatic carbocycles. The van der Waals surface area contributed by atoms with E-state index in [-0.39, 0.29) is 5.91 Å². The number of hydrogen-bond donors (Lipinski definition) is 1. The molecule has 5 nitrogen and oxygen atoms in total. The Morgan fingerprint density at radius 1 is 1.24 bits per heavy atom. The van der Waals surface area contributed by atoms with E-state index in [4.69, 9.17) is 5.73 Å². The van der Waals surface area contributed by atoms with Gasteiger partial charge in [0.15, 0.2) is 0 Å². The van der Waals surface area contributed by atoms with Crippen molar-refractivity contribution in [2.45, 2.75) is 45.2 Å². The highest BCUT2D eigenvalue weighted by atomic mass is 16.2. The lowest BCUT2D eigenvalue weighted by molar-refractivity contribution is 0.0634. The number of nitrogens with two attached hydrogens (primary N) is 1. The molecule has 1 aromatic heterocycles. The third kappa shape index (κ3) is 2.93. The van der Waals surface area contributed by atoms with E-state index < -0.39 is 0 Å². The molecule has 1 amide bonds. The number of anilines is 1. The van der Waals surface area contributed by atoms with E-state index in [0.717, 1.165) is 38.2 Å². The van der Waals surface area contributed by atoms with Crippen LogP contribution in [0.15, 0.2) is 12.3 Å². The summed E-state index contributed by atoms with van der Waals surface area (Å²) in [6.45, 7) is 7.05. The van der Waals surface area contributed by atoms with Crippen molar-refractivity contribution in [1.82, 2.24) is 14.4 Å². The Morgan fingerprint density at radius 3 is 2.52 bits per heavy atom. The maximum absolute atomic E-state index is 12.7. The zero-order valence-electron chi connectivity index (χ0n) is 12.9. The summed E-state index contributed by atoms with van der Waals surface area (Å²) in [5.41, 5.74) is 7.23. The van der Waals surface area contributed by atoms with Crippen molar-refractivity contribution in [3.8, 4) is 0 Å². The fraction of sp³-hybridized carbons (Fsp3) is 0.688. The number of amides is 1. The van der Waals surface area contributed by atoms with Crippen molar-refractivity contribution in [2.24, 2.45) is 0 Å². The predicted octanol–water partition coefficient (Wildman–Crippen LogP) is 1.79. The van der Waals surface area contributed by atoms with Crippen molar-refractivity contribution in [3.05, 3.63) is 18.0 Å². The van der Waals surface area contributed by atoms with Crippen LogP contribution >= 0.6 is 0 Å². The lowest BCUT2D eigenvalue weighted by Gasteiger charge is -2.36. The van der Waals surface area contributed by atoms with Gasteiger partial charge in [-0.25, -0.2) is 0 Å². The number of aryl methyl sites for hydroxylation is 1. The molecule has 1 aromatic rings. The summed E-state index contributed by atoms with van der Waals surface area (Å²) < 4.78 is 1.95. The summed E-state index contributed by atoms with van der Waals surface area (Å²) in [4.78, 5) is 17.3. The van der Waals surface area contributed by atoms with E-state index in [2.05, 4.69) is 4.90 Å². The molecule has 2 aliphatic rings. The van der Waals surface area contributed by atoms with Gasteiger partial charge in [0.25, 0.3) is 5.91 Å². The van der Waals surface area contributed by atoms with E-state index in [9.17, 15) is 4.79 Å². The third-order valence-electron chi connectivity index (χ3n) is 4.89. The van der Waals surface area contributed by atoms with Crippen molar-refractivity contribution in [1.29, 1.82) is 0 Å². The molecule has 2 fully saturated rings. The Hall–Kier alpha value is -1.49. The molecule has 3 rings (SSSR count). The molecular weight excluding hydrogens is 264 g/mol. The number of piperidine rings is 1. The maximum Gasteiger partial charge on any atom is 0.270 e. The van der Waals surface area contributed by atoms with Crippen LogP contribution in [0.5, 0.6) is 0 Å². The van der Waals surface area contributed by atoms with Crippen LogP contribution in [0.25, 0.3) is 0 Å². The number of likely N-dealkylation sites (tertiary alicyclic amines) is 2. The van der Waals surface area contributed by atoms with Crippen LogP contribution in [0.2, 0.25) is 0 Å². The molecule has 116 valence electrons. The smallest absolute Gasteiger partial charge is 0.270 e. The van der Waals surface area contributed by atoms with E-state index in [0.29, 0.717) is 11.7 Å². The van der Waals surface area contributed by atoms with Gasteiger partial charge in [0.1, 0.15) is 5.69 Å². The normalized spacial score (nSPS) is 21.1. The van der Waals surface area contributed by atoms with E-state index >= 15 is 0 Å². The van der Waals surface area contributed by atoms with Gasteiger partial charge in [-0.15, -0.1) is 0 Å². The lowest BCUT2D eigenvalue weighted by Crippen LogP contribution is -2.46. The van der Waals surface area contributed by atoms with Gasteiger partial charge in [-0.3, -0.25) is 4.79 Å². The summed E-state index contributed by atoms with van der Waals surface area (Å²) in [6, 6.07) is 2.48. The summed E-state index contributed by atoms with van der Waals surface area (Å²) in [7, 11) is 0. The number of nitrogens with zero attached hydrogens (tertiary/aromatic N) is 3. The van der Waals surface area contributed by atoms with Gasteiger partial charge in [-0.2, -0.15) is 0 Å². The van der Waals surface area contributed by atoms with Crippen molar-refractivity contribution >= 4 is 11.6 Å². The second kappa shape index (κ2) is 6.10. The highest BCUT2D eigenvalue weighted by molar-refractivity contribution is 5.93. The lowest BCUT2D eigenvalue weighted by atomic mass is 10.0. The Bertz CT molecular complexity index is 496. The minimum Gasteiger partial charge on any atom is -0.397 e. The van der Waals surface area contributed by atoms with Gasteiger partial charge in [-0.1, -0.05) is 0 Å². The molecule has 0 bridgehead atoms. The van der Waals surface area contributed by atoms with Gasteiger partial charge in [0.2, 0.25) is 0 Å². The second-order valence-corrected chi connectivity index (χ2v) is 6.21. The minimum atomic E-state index is 0.133. The second-order valence-electron chi connectivity index (χ2n) is 6.21. The first kappa shape index (κ1) is 14.4. The zero-order valence-corrected chi connectivity index (χ0v) is 12.9. The largest absolute Gasteiger partial charge is 0.397 e. The van der Waals surface area contributed by atoms with Crippen molar-refractivity contribution in [3.63, 3.8) is 0 Å². The molecule has 3 heterocycles. The summed E-state index contributed by atoms with van der Waals surface area (Å²) in [5.74, 6) is 0.133. The van der Waals surface area contributed by atoms with Gasteiger partial charge in [0, 0.05) is 31.9 Å². The molecule has 0 radical (unpaired) electrons. The minimum absolute atomic E-state index is 0.133. The zero-order chi connectivity index (χ0) is 14.8. The summed E-state index contributed by atoms with van der Waals surface area (Å²) in [6.07, 6.45) is 6.73. The van der Waals surface area contributed by atoms with Gasteiger partial charge in [0.05, 0.1) is 5.69 Å². The fourth-order valence-corrected chi connectivity index (χ4v) is 3.68. The van der Waals surface area contributed by atoms with E-state index in [1.165, 1.54) is 25.9 Å². The number of carbonyl (C=O) groups excluding carboxylic acids is 1.